The molecule has 2 aromatic carbocycles. The highest BCUT2D eigenvalue weighted by molar-refractivity contribution is 5.94. The van der Waals surface area contributed by atoms with Crippen molar-refractivity contribution in [3.63, 3.8) is 0 Å². The van der Waals surface area contributed by atoms with Crippen LogP contribution in [0.3, 0.4) is 0 Å². The zero-order chi connectivity index (χ0) is 27.0. The number of likely N-dealkylation sites (tertiary alicyclic amines) is 1. The van der Waals surface area contributed by atoms with Gasteiger partial charge in [-0.3, -0.25) is 9.59 Å². The number of hydrazone groups is 1. The Labute approximate surface area is 214 Å². The summed E-state index contributed by atoms with van der Waals surface area (Å²) in [6, 6.07) is 7.04. The second kappa shape index (κ2) is 12.7. The SMILES string of the molecule is C=CCc1cc(F)cc(/C=N/NC(=O)CC2CCCCN(C(=O)c3ccc(C(F)(F)F)cc3)CC2)c1C. The molecule has 1 atom stereocenters. The maximum absolute atomic E-state index is 13.9. The zero-order valence-electron chi connectivity index (χ0n) is 20.8. The van der Waals surface area contributed by atoms with Gasteiger partial charge in [-0.15, -0.1) is 6.58 Å². The molecule has 9 heteroatoms. The van der Waals surface area contributed by atoms with Crippen molar-refractivity contribution in [1.82, 2.24) is 10.3 Å². The quantitative estimate of drug-likeness (QED) is 0.210. The van der Waals surface area contributed by atoms with Crippen molar-refractivity contribution < 1.29 is 27.2 Å². The largest absolute Gasteiger partial charge is 0.416 e. The first kappa shape index (κ1) is 28.1. The van der Waals surface area contributed by atoms with Crippen molar-refractivity contribution in [2.24, 2.45) is 11.0 Å². The normalized spacial score (nSPS) is 16.8. The Morgan fingerprint density at radius 1 is 1.14 bits per heavy atom. The Hall–Kier alpha value is -3.49. The van der Waals surface area contributed by atoms with E-state index in [0.717, 1.165) is 42.5 Å². The van der Waals surface area contributed by atoms with E-state index >= 15 is 0 Å². The number of carbonyl (C=O) groups is 2. The molecule has 1 unspecified atom stereocenters. The number of benzene rings is 2. The smallest absolute Gasteiger partial charge is 0.339 e. The second-order valence-electron chi connectivity index (χ2n) is 9.29. The molecule has 0 radical (unpaired) electrons. The summed E-state index contributed by atoms with van der Waals surface area (Å²) in [6.45, 7) is 6.46. The lowest BCUT2D eigenvalue weighted by atomic mass is 9.92. The lowest BCUT2D eigenvalue weighted by Gasteiger charge is -2.28. The average molecular weight is 518 g/mol. The second-order valence-corrected chi connectivity index (χ2v) is 9.29. The predicted octanol–water partition coefficient (Wildman–Crippen LogP) is 6.05. The highest BCUT2D eigenvalue weighted by Gasteiger charge is 2.30. The highest BCUT2D eigenvalue weighted by atomic mass is 19.4. The van der Waals surface area contributed by atoms with Crippen molar-refractivity contribution in [2.45, 2.75) is 51.6 Å². The molecule has 0 bridgehead atoms. The van der Waals surface area contributed by atoms with Gasteiger partial charge in [-0.2, -0.15) is 18.3 Å². The van der Waals surface area contributed by atoms with E-state index in [4.69, 9.17) is 0 Å². The van der Waals surface area contributed by atoms with Gasteiger partial charge in [-0.05, 0) is 86.1 Å². The van der Waals surface area contributed by atoms with E-state index < -0.39 is 11.7 Å². The van der Waals surface area contributed by atoms with E-state index in [1.165, 1.54) is 30.5 Å². The van der Waals surface area contributed by atoms with Crippen molar-refractivity contribution in [3.05, 3.63) is 82.7 Å². The van der Waals surface area contributed by atoms with Crippen LogP contribution in [0.1, 0.15) is 64.7 Å². The highest BCUT2D eigenvalue weighted by Crippen LogP contribution is 2.29. The van der Waals surface area contributed by atoms with Gasteiger partial charge in [0.2, 0.25) is 5.91 Å². The molecule has 1 N–H and O–H groups in total. The molecule has 37 heavy (non-hydrogen) atoms. The summed E-state index contributed by atoms with van der Waals surface area (Å²) in [5, 5.41) is 4.00. The lowest BCUT2D eigenvalue weighted by Crippen LogP contribution is -2.35. The Balaban J connectivity index is 1.55. The number of allylic oxidation sites excluding steroid dienone is 1. The Morgan fingerprint density at radius 2 is 1.86 bits per heavy atom. The third-order valence-electron chi connectivity index (χ3n) is 6.60. The Bertz CT molecular complexity index is 1140. The number of hydrogen-bond acceptors (Lipinski definition) is 3. The molecule has 1 fully saturated rings. The number of nitrogens with zero attached hydrogens (tertiary/aromatic N) is 2. The van der Waals surface area contributed by atoms with Gasteiger partial charge in [0.15, 0.2) is 0 Å². The van der Waals surface area contributed by atoms with Crippen LogP contribution >= 0.6 is 0 Å². The molecule has 3 rings (SSSR count). The summed E-state index contributed by atoms with van der Waals surface area (Å²) < 4.78 is 52.3. The van der Waals surface area contributed by atoms with Gasteiger partial charge in [-0.1, -0.05) is 12.5 Å². The fourth-order valence-corrected chi connectivity index (χ4v) is 4.46. The third-order valence-corrected chi connectivity index (χ3v) is 6.60. The van der Waals surface area contributed by atoms with Crippen molar-refractivity contribution in [1.29, 1.82) is 0 Å². The number of hydrogen-bond donors (Lipinski definition) is 1. The van der Waals surface area contributed by atoms with E-state index in [9.17, 15) is 27.2 Å². The van der Waals surface area contributed by atoms with Gasteiger partial charge in [-0.25, -0.2) is 9.82 Å². The molecule has 1 aliphatic rings. The van der Waals surface area contributed by atoms with Crippen LogP contribution in [0.4, 0.5) is 17.6 Å². The Morgan fingerprint density at radius 3 is 2.54 bits per heavy atom. The first-order valence-electron chi connectivity index (χ1n) is 12.3. The Kier molecular flexibility index (Phi) is 9.60. The minimum atomic E-state index is -4.45. The molecule has 1 aliphatic heterocycles. The molecule has 1 heterocycles. The summed E-state index contributed by atoms with van der Waals surface area (Å²) >= 11 is 0. The number of amides is 2. The fourth-order valence-electron chi connectivity index (χ4n) is 4.46. The number of halogens is 4. The molecule has 2 aromatic rings. The minimum Gasteiger partial charge on any atom is -0.339 e. The summed E-state index contributed by atoms with van der Waals surface area (Å²) in [5.41, 5.74) is 4.15. The maximum atomic E-state index is 13.9. The monoisotopic (exact) mass is 517 g/mol. The number of nitrogens with one attached hydrogen (secondary N) is 1. The molecule has 0 aromatic heterocycles. The first-order valence-corrected chi connectivity index (χ1v) is 12.3. The van der Waals surface area contributed by atoms with E-state index in [2.05, 4.69) is 17.1 Å². The molecule has 0 spiro atoms. The van der Waals surface area contributed by atoms with Crippen LogP contribution in [-0.4, -0.2) is 36.0 Å². The number of alkyl halides is 3. The van der Waals surface area contributed by atoms with E-state index in [0.29, 0.717) is 31.5 Å². The van der Waals surface area contributed by atoms with Crippen LogP contribution in [0.15, 0.2) is 54.2 Å². The van der Waals surface area contributed by atoms with Crippen LogP contribution in [0.25, 0.3) is 0 Å². The van der Waals surface area contributed by atoms with Gasteiger partial charge >= 0.3 is 6.18 Å². The summed E-state index contributed by atoms with van der Waals surface area (Å²) in [4.78, 5) is 27.0. The molecule has 5 nitrogen and oxygen atoms in total. The average Bonchev–Trinajstić information content (AvgIpc) is 2.83. The van der Waals surface area contributed by atoms with Crippen molar-refractivity contribution in [3.8, 4) is 0 Å². The van der Waals surface area contributed by atoms with Crippen LogP contribution in [0, 0.1) is 18.7 Å². The number of carbonyl (C=O) groups excluding carboxylic acids is 2. The summed E-state index contributed by atoms with van der Waals surface area (Å²) in [5.74, 6) is -0.943. The predicted molar refractivity (Wildman–Crippen MR) is 135 cm³/mol. The van der Waals surface area contributed by atoms with Gasteiger partial charge in [0.05, 0.1) is 11.8 Å². The first-order chi connectivity index (χ1) is 17.6. The van der Waals surface area contributed by atoms with Gasteiger partial charge < -0.3 is 4.90 Å². The van der Waals surface area contributed by atoms with Gasteiger partial charge in [0, 0.05) is 30.6 Å². The minimum absolute atomic E-state index is 0.0357. The van der Waals surface area contributed by atoms with E-state index in [1.807, 2.05) is 6.92 Å². The molecule has 198 valence electrons. The van der Waals surface area contributed by atoms with Crippen molar-refractivity contribution in [2.75, 3.05) is 13.1 Å². The van der Waals surface area contributed by atoms with Gasteiger partial charge in [0.1, 0.15) is 5.82 Å². The molecular formula is C28H31F4N3O2. The molecule has 2 amide bonds. The molecule has 1 saturated heterocycles. The topological polar surface area (TPSA) is 61.8 Å². The molecule has 0 saturated carbocycles. The molecule has 0 aliphatic carbocycles. The third kappa shape index (κ3) is 8.00. The van der Waals surface area contributed by atoms with E-state index in [-0.39, 0.29) is 35.5 Å². The van der Waals surface area contributed by atoms with Crippen LogP contribution in [-0.2, 0) is 17.4 Å². The summed E-state index contributed by atoms with van der Waals surface area (Å²) in [6.07, 6.45) is 2.40. The standard InChI is InChI=1S/C28H31F4N3O2/c1-3-6-22-16-25(29)17-23(19(22)2)18-33-34-26(36)15-20-7-4-5-13-35(14-12-20)27(37)21-8-10-24(11-9-21)28(30,31)32/h3,8-11,16-18,20H,1,4-7,12-15H2,2H3,(H,34,36)/b33-18+. The zero-order valence-corrected chi connectivity index (χ0v) is 20.8. The maximum Gasteiger partial charge on any atom is 0.416 e. The van der Waals surface area contributed by atoms with Gasteiger partial charge in [0.25, 0.3) is 5.91 Å². The lowest BCUT2D eigenvalue weighted by molar-refractivity contribution is -0.137. The van der Waals surface area contributed by atoms with Crippen LogP contribution in [0.2, 0.25) is 0 Å². The van der Waals surface area contributed by atoms with Crippen LogP contribution in [0.5, 0.6) is 0 Å². The van der Waals surface area contributed by atoms with Crippen molar-refractivity contribution >= 4 is 18.0 Å². The fraction of sp³-hybridized carbons (Fsp3) is 0.393. The summed E-state index contributed by atoms with van der Waals surface area (Å²) in [7, 11) is 0. The van der Waals surface area contributed by atoms with Crippen LogP contribution < -0.4 is 5.43 Å². The molecular weight excluding hydrogens is 486 g/mol. The van der Waals surface area contributed by atoms with E-state index in [1.54, 1.807) is 11.0 Å². The number of rotatable bonds is 7.